The number of hydrogen-bond donors (Lipinski definition) is 1. The number of rotatable bonds is 5. The average Bonchev–Trinajstić information content (AvgIpc) is 2.95. The predicted octanol–water partition coefficient (Wildman–Crippen LogP) is 2.04. The second kappa shape index (κ2) is 6.01. The first kappa shape index (κ1) is 13.1. The van der Waals surface area contributed by atoms with Crippen molar-refractivity contribution in [2.45, 2.75) is 12.8 Å². The summed E-state index contributed by atoms with van der Waals surface area (Å²) in [5.74, 6) is 1.67. The quantitative estimate of drug-likeness (QED) is 0.722. The molecular formula is C15H14N6. The van der Waals surface area contributed by atoms with Gasteiger partial charge in [0.15, 0.2) is 5.65 Å². The summed E-state index contributed by atoms with van der Waals surface area (Å²) in [7, 11) is 0. The summed E-state index contributed by atoms with van der Waals surface area (Å²) in [6.45, 7) is 0.767. The smallest absolute Gasteiger partial charge is 0.160 e. The van der Waals surface area contributed by atoms with E-state index in [1.165, 1.54) is 0 Å². The number of pyridine rings is 2. The molecule has 0 atom stereocenters. The van der Waals surface area contributed by atoms with Gasteiger partial charge in [0.2, 0.25) is 0 Å². The van der Waals surface area contributed by atoms with Gasteiger partial charge in [0, 0.05) is 19.2 Å². The number of fused-ring (bicyclic) bond motifs is 1. The molecule has 0 aliphatic carbocycles. The second-order valence-corrected chi connectivity index (χ2v) is 4.60. The Morgan fingerprint density at radius 1 is 1.14 bits per heavy atom. The van der Waals surface area contributed by atoms with Crippen LogP contribution in [0.5, 0.6) is 0 Å². The highest BCUT2D eigenvalue weighted by Gasteiger charge is 2.04. The van der Waals surface area contributed by atoms with E-state index in [0.29, 0.717) is 5.69 Å². The van der Waals surface area contributed by atoms with E-state index >= 15 is 0 Å². The molecule has 0 saturated carbocycles. The summed E-state index contributed by atoms with van der Waals surface area (Å²) in [6, 6.07) is 13.2. The molecule has 0 unspecified atom stereocenters. The van der Waals surface area contributed by atoms with Gasteiger partial charge in [-0.15, -0.1) is 10.2 Å². The second-order valence-electron chi connectivity index (χ2n) is 4.60. The first-order chi connectivity index (χ1) is 10.4. The van der Waals surface area contributed by atoms with Crippen LogP contribution in [0.1, 0.15) is 17.9 Å². The van der Waals surface area contributed by atoms with Crippen LogP contribution in [-0.2, 0) is 6.42 Å². The topological polar surface area (TPSA) is 78.9 Å². The zero-order valence-corrected chi connectivity index (χ0v) is 11.4. The van der Waals surface area contributed by atoms with Gasteiger partial charge in [0.05, 0.1) is 0 Å². The van der Waals surface area contributed by atoms with E-state index in [1.54, 1.807) is 6.07 Å². The summed E-state index contributed by atoms with van der Waals surface area (Å²) in [4.78, 5) is 4.17. The summed E-state index contributed by atoms with van der Waals surface area (Å²) >= 11 is 0. The van der Waals surface area contributed by atoms with Gasteiger partial charge in [-0.25, -0.2) is 4.98 Å². The van der Waals surface area contributed by atoms with Gasteiger partial charge >= 0.3 is 0 Å². The van der Waals surface area contributed by atoms with Crippen molar-refractivity contribution in [3.05, 3.63) is 54.1 Å². The van der Waals surface area contributed by atoms with Gasteiger partial charge in [-0.3, -0.25) is 4.40 Å². The van der Waals surface area contributed by atoms with Crippen LogP contribution >= 0.6 is 0 Å². The van der Waals surface area contributed by atoms with Crippen molar-refractivity contribution in [2.24, 2.45) is 0 Å². The minimum atomic E-state index is 0.420. The summed E-state index contributed by atoms with van der Waals surface area (Å²) in [6.07, 6.45) is 3.71. The Kier molecular flexibility index (Phi) is 3.74. The molecule has 0 aromatic carbocycles. The van der Waals surface area contributed by atoms with Crippen molar-refractivity contribution in [1.82, 2.24) is 19.6 Å². The monoisotopic (exact) mass is 278 g/mol. The van der Waals surface area contributed by atoms with Crippen LogP contribution in [0.15, 0.2) is 42.6 Å². The van der Waals surface area contributed by atoms with E-state index in [2.05, 4.69) is 20.5 Å². The van der Waals surface area contributed by atoms with Gasteiger partial charge < -0.3 is 5.32 Å². The highest BCUT2D eigenvalue weighted by Crippen LogP contribution is 2.07. The van der Waals surface area contributed by atoms with E-state index in [1.807, 2.05) is 47.0 Å². The molecule has 6 nitrogen and oxygen atoms in total. The molecule has 0 spiro atoms. The van der Waals surface area contributed by atoms with Crippen LogP contribution < -0.4 is 5.32 Å². The standard InChI is InChI=1S/C15H14N6/c16-11-12-5-3-6-13(18-12)17-9-4-8-15-20-19-14-7-1-2-10-21(14)15/h1-3,5-7,10H,4,8-9H2,(H,17,18). The zero-order chi connectivity index (χ0) is 14.5. The van der Waals surface area contributed by atoms with Gasteiger partial charge in [-0.05, 0) is 30.7 Å². The molecule has 3 rings (SSSR count). The lowest BCUT2D eigenvalue weighted by Gasteiger charge is -2.05. The summed E-state index contributed by atoms with van der Waals surface area (Å²) < 4.78 is 1.99. The molecule has 0 saturated heterocycles. The predicted molar refractivity (Wildman–Crippen MR) is 78.7 cm³/mol. The highest BCUT2D eigenvalue weighted by atomic mass is 15.2. The molecule has 3 heterocycles. The van der Waals surface area contributed by atoms with Crippen molar-refractivity contribution < 1.29 is 0 Å². The third-order valence-corrected chi connectivity index (χ3v) is 3.13. The Labute approximate surface area is 122 Å². The summed E-state index contributed by atoms with van der Waals surface area (Å²) in [5.41, 5.74) is 1.28. The van der Waals surface area contributed by atoms with E-state index in [9.17, 15) is 0 Å². The Morgan fingerprint density at radius 3 is 3.00 bits per heavy atom. The maximum atomic E-state index is 8.80. The Morgan fingerprint density at radius 2 is 2.10 bits per heavy atom. The lowest BCUT2D eigenvalue weighted by atomic mass is 10.3. The largest absolute Gasteiger partial charge is 0.370 e. The van der Waals surface area contributed by atoms with Crippen molar-refractivity contribution in [3.63, 3.8) is 0 Å². The number of nitrogens with one attached hydrogen (secondary N) is 1. The SMILES string of the molecule is N#Cc1cccc(NCCCc2nnc3ccccn23)n1. The molecule has 0 radical (unpaired) electrons. The fourth-order valence-electron chi connectivity index (χ4n) is 2.12. The number of anilines is 1. The fraction of sp³-hybridized carbons (Fsp3) is 0.200. The van der Waals surface area contributed by atoms with Crippen molar-refractivity contribution >= 4 is 11.5 Å². The molecule has 21 heavy (non-hydrogen) atoms. The number of nitriles is 1. The lowest BCUT2D eigenvalue weighted by Crippen LogP contribution is -2.06. The van der Waals surface area contributed by atoms with E-state index < -0.39 is 0 Å². The van der Waals surface area contributed by atoms with Crippen LogP contribution in [-0.4, -0.2) is 26.1 Å². The van der Waals surface area contributed by atoms with Crippen LogP contribution in [0.2, 0.25) is 0 Å². The first-order valence-corrected chi connectivity index (χ1v) is 6.76. The molecule has 3 aromatic rings. The van der Waals surface area contributed by atoms with Gasteiger partial charge in [0.25, 0.3) is 0 Å². The van der Waals surface area contributed by atoms with Gasteiger partial charge in [0.1, 0.15) is 23.4 Å². The number of nitrogens with zero attached hydrogens (tertiary/aromatic N) is 5. The molecule has 6 heteroatoms. The van der Waals surface area contributed by atoms with Gasteiger partial charge in [-0.1, -0.05) is 12.1 Å². The number of aromatic nitrogens is 4. The lowest BCUT2D eigenvalue weighted by molar-refractivity contribution is 0.786. The van der Waals surface area contributed by atoms with Crippen LogP contribution in [0, 0.1) is 11.3 Å². The maximum Gasteiger partial charge on any atom is 0.160 e. The van der Waals surface area contributed by atoms with Gasteiger partial charge in [-0.2, -0.15) is 5.26 Å². The van der Waals surface area contributed by atoms with Crippen molar-refractivity contribution in [2.75, 3.05) is 11.9 Å². The minimum Gasteiger partial charge on any atom is -0.370 e. The zero-order valence-electron chi connectivity index (χ0n) is 11.4. The number of hydrogen-bond acceptors (Lipinski definition) is 5. The molecule has 1 N–H and O–H groups in total. The molecule has 0 amide bonds. The van der Waals surface area contributed by atoms with E-state index in [-0.39, 0.29) is 0 Å². The molecule has 0 aliphatic heterocycles. The normalized spacial score (nSPS) is 10.4. The van der Waals surface area contributed by atoms with Crippen LogP contribution in [0.4, 0.5) is 5.82 Å². The number of aryl methyl sites for hydroxylation is 1. The van der Waals surface area contributed by atoms with Crippen molar-refractivity contribution in [1.29, 1.82) is 5.26 Å². The summed E-state index contributed by atoms with van der Waals surface area (Å²) in [5, 5.41) is 20.3. The minimum absolute atomic E-state index is 0.420. The van der Waals surface area contributed by atoms with E-state index in [0.717, 1.165) is 36.7 Å². The fourth-order valence-corrected chi connectivity index (χ4v) is 2.12. The third-order valence-electron chi connectivity index (χ3n) is 3.13. The molecule has 104 valence electrons. The molecule has 0 bridgehead atoms. The highest BCUT2D eigenvalue weighted by molar-refractivity contribution is 5.38. The van der Waals surface area contributed by atoms with E-state index in [4.69, 9.17) is 5.26 Å². The first-order valence-electron chi connectivity index (χ1n) is 6.76. The average molecular weight is 278 g/mol. The van der Waals surface area contributed by atoms with Crippen molar-refractivity contribution in [3.8, 4) is 6.07 Å². The van der Waals surface area contributed by atoms with Crippen LogP contribution in [0.3, 0.4) is 0 Å². The Balaban J connectivity index is 1.55. The molecular weight excluding hydrogens is 264 g/mol. The Bertz CT molecular complexity index is 786. The Hall–Kier alpha value is -2.94. The molecule has 3 aromatic heterocycles. The van der Waals surface area contributed by atoms with Crippen LogP contribution in [0.25, 0.3) is 5.65 Å². The molecule has 0 fully saturated rings. The third kappa shape index (κ3) is 2.98. The maximum absolute atomic E-state index is 8.80. The molecule has 0 aliphatic rings.